The van der Waals surface area contributed by atoms with Crippen LogP contribution in [0.4, 0.5) is 10.5 Å². The number of piperidine rings is 1. The summed E-state index contributed by atoms with van der Waals surface area (Å²) in [5.41, 5.74) is 0.599. The third-order valence-electron chi connectivity index (χ3n) is 3.27. The summed E-state index contributed by atoms with van der Waals surface area (Å²) in [7, 11) is 0. The topological polar surface area (TPSA) is 52.6 Å². The van der Waals surface area contributed by atoms with Crippen molar-refractivity contribution in [1.82, 2.24) is 4.90 Å². The molecule has 19 heavy (non-hydrogen) atoms. The lowest BCUT2D eigenvalue weighted by Crippen LogP contribution is -2.47. The van der Waals surface area contributed by atoms with Crippen LogP contribution >= 0.6 is 23.2 Å². The lowest BCUT2D eigenvalue weighted by molar-refractivity contribution is 0.115. The van der Waals surface area contributed by atoms with E-state index >= 15 is 0 Å². The van der Waals surface area contributed by atoms with Gasteiger partial charge in [-0.05, 0) is 37.5 Å². The van der Waals surface area contributed by atoms with Gasteiger partial charge in [0.1, 0.15) is 0 Å². The minimum atomic E-state index is -0.211. The van der Waals surface area contributed by atoms with E-state index < -0.39 is 0 Å². The Morgan fingerprint density at radius 1 is 1.37 bits per heavy atom. The molecular formula is C13H16Cl2N2O2. The molecule has 2 amide bonds. The quantitative estimate of drug-likeness (QED) is 0.880. The van der Waals surface area contributed by atoms with Gasteiger partial charge in [0, 0.05) is 12.2 Å². The maximum atomic E-state index is 12.2. The average molecular weight is 303 g/mol. The summed E-state index contributed by atoms with van der Waals surface area (Å²) in [6.07, 6.45) is 2.85. The fraction of sp³-hybridized carbons (Fsp3) is 0.462. The largest absolute Gasteiger partial charge is 0.394 e. The van der Waals surface area contributed by atoms with E-state index in [1.54, 1.807) is 23.1 Å². The number of nitrogens with one attached hydrogen (secondary N) is 1. The lowest BCUT2D eigenvalue weighted by Gasteiger charge is -2.34. The number of aliphatic hydroxyl groups is 1. The number of anilines is 1. The number of carbonyl (C=O) groups is 1. The summed E-state index contributed by atoms with van der Waals surface area (Å²) in [4.78, 5) is 13.8. The highest BCUT2D eigenvalue weighted by Gasteiger charge is 2.26. The van der Waals surface area contributed by atoms with Gasteiger partial charge in [0.05, 0.1) is 22.7 Å². The van der Waals surface area contributed by atoms with Crippen LogP contribution in [0.15, 0.2) is 18.2 Å². The van der Waals surface area contributed by atoms with Crippen molar-refractivity contribution >= 4 is 34.9 Å². The summed E-state index contributed by atoms with van der Waals surface area (Å²) >= 11 is 11.7. The molecule has 1 aromatic carbocycles. The molecule has 1 aliphatic heterocycles. The maximum Gasteiger partial charge on any atom is 0.322 e. The SMILES string of the molecule is O=C(Nc1ccc(Cl)c(Cl)c1)N1CCCC[C@H]1CO. The highest BCUT2D eigenvalue weighted by molar-refractivity contribution is 6.42. The normalized spacial score (nSPS) is 19.3. The average Bonchev–Trinajstić information content (AvgIpc) is 2.43. The molecule has 1 aliphatic rings. The van der Waals surface area contributed by atoms with Crippen molar-refractivity contribution in [2.24, 2.45) is 0 Å². The van der Waals surface area contributed by atoms with E-state index in [1.165, 1.54) is 0 Å². The van der Waals surface area contributed by atoms with Gasteiger partial charge in [-0.15, -0.1) is 0 Å². The summed E-state index contributed by atoms with van der Waals surface area (Å²) in [5, 5.41) is 12.9. The number of likely N-dealkylation sites (tertiary alicyclic amines) is 1. The summed E-state index contributed by atoms with van der Waals surface area (Å²) in [6.45, 7) is 0.660. The number of rotatable bonds is 2. The Kier molecular flexibility index (Phi) is 4.91. The van der Waals surface area contributed by atoms with Gasteiger partial charge in [0.2, 0.25) is 0 Å². The molecule has 2 N–H and O–H groups in total. The van der Waals surface area contributed by atoms with Crippen LogP contribution in [0.1, 0.15) is 19.3 Å². The molecule has 0 aliphatic carbocycles. The summed E-state index contributed by atoms with van der Waals surface area (Å²) in [5.74, 6) is 0. The zero-order chi connectivity index (χ0) is 13.8. The molecule has 104 valence electrons. The van der Waals surface area contributed by atoms with Crippen LogP contribution in [0.3, 0.4) is 0 Å². The van der Waals surface area contributed by atoms with Crippen LogP contribution in [-0.4, -0.2) is 35.2 Å². The molecule has 0 spiro atoms. The first-order valence-electron chi connectivity index (χ1n) is 6.25. The predicted molar refractivity (Wildman–Crippen MR) is 76.9 cm³/mol. The second-order valence-electron chi connectivity index (χ2n) is 4.58. The van der Waals surface area contributed by atoms with Crippen LogP contribution in [0.25, 0.3) is 0 Å². The van der Waals surface area contributed by atoms with E-state index in [-0.39, 0.29) is 18.7 Å². The van der Waals surface area contributed by atoms with Gasteiger partial charge < -0.3 is 15.3 Å². The first-order chi connectivity index (χ1) is 9.11. The lowest BCUT2D eigenvalue weighted by atomic mass is 10.0. The Bertz CT molecular complexity index is 468. The highest BCUT2D eigenvalue weighted by Crippen LogP contribution is 2.25. The molecular weight excluding hydrogens is 287 g/mol. The predicted octanol–water partition coefficient (Wildman–Crippen LogP) is 3.37. The Morgan fingerprint density at radius 3 is 2.84 bits per heavy atom. The minimum absolute atomic E-state index is 0.00516. The van der Waals surface area contributed by atoms with Gasteiger partial charge in [-0.3, -0.25) is 0 Å². The van der Waals surface area contributed by atoms with Crippen LogP contribution in [0.5, 0.6) is 0 Å². The van der Waals surface area contributed by atoms with E-state index in [1.807, 2.05) is 0 Å². The number of carbonyl (C=O) groups excluding carboxylic acids is 1. The zero-order valence-corrected chi connectivity index (χ0v) is 11.9. The molecule has 0 bridgehead atoms. The smallest absolute Gasteiger partial charge is 0.322 e. The van der Waals surface area contributed by atoms with Crippen LogP contribution in [-0.2, 0) is 0 Å². The molecule has 0 radical (unpaired) electrons. The van der Waals surface area contributed by atoms with Crippen LogP contribution < -0.4 is 5.32 Å². The van der Waals surface area contributed by atoms with Crippen molar-refractivity contribution in [2.75, 3.05) is 18.5 Å². The molecule has 4 nitrogen and oxygen atoms in total. The fourth-order valence-corrected chi connectivity index (χ4v) is 2.52. The molecule has 0 saturated carbocycles. The number of hydrogen-bond acceptors (Lipinski definition) is 2. The van der Waals surface area contributed by atoms with Crippen molar-refractivity contribution in [3.05, 3.63) is 28.2 Å². The van der Waals surface area contributed by atoms with E-state index in [4.69, 9.17) is 23.2 Å². The number of nitrogens with zero attached hydrogens (tertiary/aromatic N) is 1. The highest BCUT2D eigenvalue weighted by atomic mass is 35.5. The third kappa shape index (κ3) is 3.53. The zero-order valence-electron chi connectivity index (χ0n) is 10.4. The van der Waals surface area contributed by atoms with Crippen molar-refractivity contribution in [1.29, 1.82) is 0 Å². The number of aliphatic hydroxyl groups excluding tert-OH is 1. The van der Waals surface area contributed by atoms with Gasteiger partial charge in [-0.1, -0.05) is 23.2 Å². The monoisotopic (exact) mass is 302 g/mol. The van der Waals surface area contributed by atoms with Gasteiger partial charge in [-0.2, -0.15) is 0 Å². The Labute approximate surface area is 122 Å². The van der Waals surface area contributed by atoms with Gasteiger partial charge in [0.25, 0.3) is 0 Å². The molecule has 6 heteroatoms. The number of halogens is 2. The second-order valence-corrected chi connectivity index (χ2v) is 5.40. The van der Waals surface area contributed by atoms with E-state index in [0.29, 0.717) is 22.3 Å². The second kappa shape index (κ2) is 6.46. The number of benzene rings is 1. The summed E-state index contributed by atoms with van der Waals surface area (Å²) < 4.78 is 0. The van der Waals surface area contributed by atoms with Crippen molar-refractivity contribution in [3.8, 4) is 0 Å². The summed E-state index contributed by atoms with van der Waals surface area (Å²) in [6, 6.07) is 4.64. The molecule has 1 heterocycles. The van der Waals surface area contributed by atoms with E-state index in [2.05, 4.69) is 5.32 Å². The Morgan fingerprint density at radius 2 is 2.16 bits per heavy atom. The fourth-order valence-electron chi connectivity index (χ4n) is 2.23. The van der Waals surface area contributed by atoms with Gasteiger partial charge in [-0.25, -0.2) is 4.79 Å². The number of amides is 2. The molecule has 1 saturated heterocycles. The molecule has 1 aromatic rings. The van der Waals surface area contributed by atoms with Crippen molar-refractivity contribution in [3.63, 3.8) is 0 Å². The maximum absolute atomic E-state index is 12.2. The Balaban J connectivity index is 2.05. The molecule has 1 fully saturated rings. The van der Waals surface area contributed by atoms with E-state index in [0.717, 1.165) is 19.3 Å². The van der Waals surface area contributed by atoms with Gasteiger partial charge >= 0.3 is 6.03 Å². The van der Waals surface area contributed by atoms with Crippen molar-refractivity contribution < 1.29 is 9.90 Å². The minimum Gasteiger partial charge on any atom is -0.394 e. The van der Waals surface area contributed by atoms with Crippen LogP contribution in [0, 0.1) is 0 Å². The van der Waals surface area contributed by atoms with Gasteiger partial charge in [0.15, 0.2) is 0 Å². The van der Waals surface area contributed by atoms with Crippen LogP contribution in [0.2, 0.25) is 10.0 Å². The molecule has 1 atom stereocenters. The Hall–Kier alpha value is -0.970. The standard InChI is InChI=1S/C13H16Cl2N2O2/c14-11-5-4-9(7-12(11)15)16-13(19)17-6-2-1-3-10(17)8-18/h4-5,7,10,18H,1-3,6,8H2,(H,16,19)/t10-/m0/s1. The molecule has 0 unspecified atom stereocenters. The molecule has 2 rings (SSSR count). The van der Waals surface area contributed by atoms with Crippen molar-refractivity contribution in [2.45, 2.75) is 25.3 Å². The van der Waals surface area contributed by atoms with E-state index in [9.17, 15) is 9.90 Å². The first-order valence-corrected chi connectivity index (χ1v) is 7.01. The number of hydrogen-bond donors (Lipinski definition) is 2. The first kappa shape index (κ1) is 14.4. The molecule has 0 aromatic heterocycles. The number of urea groups is 1. The third-order valence-corrected chi connectivity index (χ3v) is 4.01.